The van der Waals surface area contributed by atoms with Crippen LogP contribution in [0.2, 0.25) is 0 Å². The van der Waals surface area contributed by atoms with Crippen molar-refractivity contribution in [3.8, 4) is 0 Å². The molecule has 0 unspecified atom stereocenters. The lowest BCUT2D eigenvalue weighted by molar-refractivity contribution is -0.129. The van der Waals surface area contributed by atoms with Crippen molar-refractivity contribution in [2.24, 2.45) is 5.41 Å². The maximum Gasteiger partial charge on any atom is 0.241 e. The molecular weight excluding hydrogens is 236 g/mol. The van der Waals surface area contributed by atoms with Crippen molar-refractivity contribution < 1.29 is 4.79 Å². The SMILES string of the molecule is CN1C(=O)[C@@H]2Cc3ccccc3CN2[C@H]1C(C)(C)C. The first-order valence-electron chi connectivity index (χ1n) is 6.99. The van der Waals surface area contributed by atoms with E-state index in [1.807, 2.05) is 11.9 Å². The van der Waals surface area contributed by atoms with E-state index < -0.39 is 0 Å². The molecule has 2 aliphatic heterocycles. The fourth-order valence-electron chi connectivity index (χ4n) is 3.69. The molecule has 2 heterocycles. The lowest BCUT2D eigenvalue weighted by Crippen LogP contribution is -2.49. The summed E-state index contributed by atoms with van der Waals surface area (Å²) in [6.45, 7) is 7.53. The van der Waals surface area contributed by atoms with Gasteiger partial charge in [-0.2, -0.15) is 0 Å². The third-order valence-electron chi connectivity index (χ3n) is 4.37. The standard InChI is InChI=1S/C16H22N2O/c1-16(2,3)15-17(4)14(19)13-9-11-7-5-6-8-12(11)10-18(13)15/h5-8,13,15H,9-10H2,1-4H3/t13-,15-/m0/s1. The Balaban J connectivity index is 2.01. The van der Waals surface area contributed by atoms with Gasteiger partial charge in [0.15, 0.2) is 0 Å². The van der Waals surface area contributed by atoms with E-state index in [-0.39, 0.29) is 23.5 Å². The second-order valence-corrected chi connectivity index (χ2v) is 6.85. The number of nitrogens with zero attached hydrogens (tertiary/aromatic N) is 2. The highest BCUT2D eigenvalue weighted by atomic mass is 16.2. The van der Waals surface area contributed by atoms with Crippen LogP contribution in [0.3, 0.4) is 0 Å². The van der Waals surface area contributed by atoms with Crippen LogP contribution in [0, 0.1) is 5.41 Å². The predicted molar refractivity (Wildman–Crippen MR) is 75.5 cm³/mol. The van der Waals surface area contributed by atoms with Gasteiger partial charge in [-0.3, -0.25) is 9.69 Å². The zero-order valence-electron chi connectivity index (χ0n) is 12.2. The van der Waals surface area contributed by atoms with Crippen LogP contribution in [0.5, 0.6) is 0 Å². The fraction of sp³-hybridized carbons (Fsp3) is 0.562. The Morgan fingerprint density at radius 2 is 1.79 bits per heavy atom. The Morgan fingerprint density at radius 1 is 1.16 bits per heavy atom. The molecule has 0 spiro atoms. The lowest BCUT2D eigenvalue weighted by Gasteiger charge is -2.40. The number of carbonyl (C=O) groups excluding carboxylic acids is 1. The van der Waals surface area contributed by atoms with E-state index in [0.29, 0.717) is 0 Å². The van der Waals surface area contributed by atoms with Gasteiger partial charge < -0.3 is 4.90 Å². The summed E-state index contributed by atoms with van der Waals surface area (Å²) in [5.74, 6) is 0.273. The van der Waals surface area contributed by atoms with Gasteiger partial charge in [-0.15, -0.1) is 0 Å². The number of likely N-dealkylation sites (N-methyl/N-ethyl adjacent to an activating group) is 1. The maximum absolute atomic E-state index is 12.5. The highest BCUT2D eigenvalue weighted by molar-refractivity contribution is 5.85. The van der Waals surface area contributed by atoms with Gasteiger partial charge >= 0.3 is 0 Å². The van der Waals surface area contributed by atoms with Crippen LogP contribution < -0.4 is 0 Å². The number of hydrogen-bond donors (Lipinski definition) is 0. The Kier molecular flexibility index (Phi) is 2.72. The summed E-state index contributed by atoms with van der Waals surface area (Å²) < 4.78 is 0. The molecule has 1 fully saturated rings. The molecule has 2 atom stereocenters. The summed E-state index contributed by atoms with van der Waals surface area (Å²) in [7, 11) is 1.95. The summed E-state index contributed by atoms with van der Waals surface area (Å²) in [5, 5.41) is 0. The Morgan fingerprint density at radius 3 is 2.42 bits per heavy atom. The van der Waals surface area contributed by atoms with Gasteiger partial charge in [0.05, 0.1) is 12.2 Å². The first kappa shape index (κ1) is 12.7. The fourth-order valence-corrected chi connectivity index (χ4v) is 3.69. The van der Waals surface area contributed by atoms with E-state index in [9.17, 15) is 4.79 Å². The molecule has 102 valence electrons. The van der Waals surface area contributed by atoms with Gasteiger partial charge in [-0.05, 0) is 23.0 Å². The van der Waals surface area contributed by atoms with Gasteiger partial charge in [0, 0.05) is 13.6 Å². The van der Waals surface area contributed by atoms with Gasteiger partial charge in [-0.1, -0.05) is 45.0 Å². The normalized spacial score (nSPS) is 27.4. The molecule has 1 aromatic rings. The lowest BCUT2D eigenvalue weighted by atomic mass is 9.88. The van der Waals surface area contributed by atoms with Crippen molar-refractivity contribution >= 4 is 5.91 Å². The maximum atomic E-state index is 12.5. The van der Waals surface area contributed by atoms with Crippen LogP contribution in [-0.2, 0) is 17.8 Å². The van der Waals surface area contributed by atoms with Crippen molar-refractivity contribution in [2.75, 3.05) is 7.05 Å². The third-order valence-corrected chi connectivity index (χ3v) is 4.37. The van der Waals surface area contributed by atoms with E-state index in [4.69, 9.17) is 0 Å². The minimum Gasteiger partial charge on any atom is -0.328 e. The Labute approximate surface area is 115 Å². The van der Waals surface area contributed by atoms with Gasteiger partial charge in [0.2, 0.25) is 5.91 Å². The molecule has 3 nitrogen and oxygen atoms in total. The monoisotopic (exact) mass is 258 g/mol. The highest BCUT2D eigenvalue weighted by Crippen LogP contribution is 2.38. The minimum absolute atomic E-state index is 0.0316. The van der Waals surface area contributed by atoms with E-state index in [1.165, 1.54) is 11.1 Å². The zero-order valence-corrected chi connectivity index (χ0v) is 12.2. The molecule has 2 aliphatic rings. The van der Waals surface area contributed by atoms with Gasteiger partial charge in [0.1, 0.15) is 0 Å². The molecule has 1 saturated heterocycles. The molecule has 0 radical (unpaired) electrons. The average Bonchev–Trinajstić information content (AvgIpc) is 2.59. The molecule has 0 saturated carbocycles. The summed E-state index contributed by atoms with van der Waals surface area (Å²) >= 11 is 0. The summed E-state index contributed by atoms with van der Waals surface area (Å²) in [6, 6.07) is 8.54. The molecule has 1 aromatic carbocycles. The van der Waals surface area contributed by atoms with E-state index >= 15 is 0 Å². The van der Waals surface area contributed by atoms with Crippen LogP contribution >= 0.6 is 0 Å². The molecule has 0 aromatic heterocycles. The van der Waals surface area contributed by atoms with Crippen LogP contribution in [0.15, 0.2) is 24.3 Å². The Hall–Kier alpha value is -1.35. The quantitative estimate of drug-likeness (QED) is 0.712. The molecule has 0 N–H and O–H groups in total. The van der Waals surface area contributed by atoms with Gasteiger partial charge in [0.25, 0.3) is 0 Å². The van der Waals surface area contributed by atoms with Crippen molar-refractivity contribution in [3.63, 3.8) is 0 Å². The second-order valence-electron chi connectivity index (χ2n) is 6.85. The number of hydrogen-bond acceptors (Lipinski definition) is 2. The topological polar surface area (TPSA) is 23.6 Å². The molecule has 0 bridgehead atoms. The number of carbonyl (C=O) groups is 1. The summed E-state index contributed by atoms with van der Waals surface area (Å²) in [4.78, 5) is 16.8. The van der Waals surface area contributed by atoms with Crippen molar-refractivity contribution in [1.29, 1.82) is 0 Å². The molecule has 0 aliphatic carbocycles. The number of benzene rings is 1. The zero-order chi connectivity index (χ0) is 13.8. The number of amides is 1. The van der Waals surface area contributed by atoms with E-state index in [2.05, 4.69) is 49.9 Å². The first-order valence-corrected chi connectivity index (χ1v) is 6.99. The number of rotatable bonds is 0. The smallest absolute Gasteiger partial charge is 0.241 e. The van der Waals surface area contributed by atoms with Crippen LogP contribution in [-0.4, -0.2) is 35.0 Å². The van der Waals surface area contributed by atoms with Crippen LogP contribution in [0.25, 0.3) is 0 Å². The molecular formula is C16H22N2O. The van der Waals surface area contributed by atoms with Gasteiger partial charge in [-0.25, -0.2) is 0 Å². The summed E-state index contributed by atoms with van der Waals surface area (Å²) in [5.41, 5.74) is 2.78. The van der Waals surface area contributed by atoms with Crippen LogP contribution in [0.1, 0.15) is 31.9 Å². The second kappa shape index (κ2) is 4.07. The van der Waals surface area contributed by atoms with Crippen molar-refractivity contribution in [2.45, 2.75) is 45.9 Å². The first-order chi connectivity index (χ1) is 8.89. The highest BCUT2D eigenvalue weighted by Gasteiger charge is 2.50. The molecule has 1 amide bonds. The average molecular weight is 258 g/mol. The van der Waals surface area contributed by atoms with Crippen molar-refractivity contribution in [3.05, 3.63) is 35.4 Å². The van der Waals surface area contributed by atoms with Crippen LogP contribution in [0.4, 0.5) is 0 Å². The summed E-state index contributed by atoms with van der Waals surface area (Å²) in [6.07, 6.45) is 1.05. The molecule has 3 heteroatoms. The predicted octanol–water partition coefficient (Wildman–Crippen LogP) is 2.26. The minimum atomic E-state index is 0.0316. The largest absolute Gasteiger partial charge is 0.328 e. The molecule has 19 heavy (non-hydrogen) atoms. The van der Waals surface area contributed by atoms with Crippen molar-refractivity contribution in [1.82, 2.24) is 9.80 Å². The molecule has 3 rings (SSSR count). The van der Waals surface area contributed by atoms with E-state index in [1.54, 1.807) is 0 Å². The Bertz CT molecular complexity index is 518. The number of fused-ring (bicyclic) bond motifs is 2. The third kappa shape index (κ3) is 1.88. The van der Waals surface area contributed by atoms with E-state index in [0.717, 1.165) is 13.0 Å².